The van der Waals surface area contributed by atoms with E-state index in [0.717, 1.165) is 18.8 Å². The van der Waals surface area contributed by atoms with Crippen LogP contribution in [0.4, 0.5) is 5.13 Å². The third kappa shape index (κ3) is 4.28. The van der Waals surface area contributed by atoms with E-state index in [2.05, 4.69) is 53.9 Å². The van der Waals surface area contributed by atoms with E-state index < -0.39 is 0 Å². The molecule has 0 aromatic carbocycles. The lowest BCUT2D eigenvalue weighted by Gasteiger charge is -2.21. The van der Waals surface area contributed by atoms with Crippen LogP contribution >= 0.6 is 22.7 Å². The van der Waals surface area contributed by atoms with Crippen LogP contribution in [0.1, 0.15) is 44.2 Å². The van der Waals surface area contributed by atoms with Gasteiger partial charge in [-0.3, -0.25) is 0 Å². The van der Waals surface area contributed by atoms with Crippen LogP contribution in [0.15, 0.2) is 22.9 Å². The van der Waals surface area contributed by atoms with Crippen LogP contribution < -0.4 is 10.2 Å². The van der Waals surface area contributed by atoms with E-state index in [0.29, 0.717) is 6.04 Å². The highest BCUT2D eigenvalue weighted by atomic mass is 32.1. The monoisotopic (exact) mass is 321 g/mol. The molecule has 3 nitrogen and oxygen atoms in total. The van der Waals surface area contributed by atoms with Gasteiger partial charge in [0.1, 0.15) is 0 Å². The summed E-state index contributed by atoms with van der Waals surface area (Å²) in [7, 11) is 0. The molecule has 1 aliphatic carbocycles. The van der Waals surface area contributed by atoms with Crippen molar-refractivity contribution in [2.45, 2.75) is 58.3 Å². The zero-order valence-electron chi connectivity index (χ0n) is 12.9. The zero-order chi connectivity index (χ0) is 14.9. The van der Waals surface area contributed by atoms with Crippen molar-refractivity contribution in [3.63, 3.8) is 0 Å². The van der Waals surface area contributed by atoms with E-state index in [1.165, 1.54) is 22.9 Å². The van der Waals surface area contributed by atoms with Crippen LogP contribution in [0, 0.1) is 0 Å². The molecule has 2 heterocycles. The largest absolute Gasteiger partial charge is 0.340 e. The van der Waals surface area contributed by atoms with Gasteiger partial charge >= 0.3 is 0 Å². The first-order chi connectivity index (χ1) is 10.0. The summed E-state index contributed by atoms with van der Waals surface area (Å²) in [6.07, 6.45) is 2.61. The SMILES string of the molecule is CC(C)(C)NCc1csc(N(Cc2cccs2)C2CC2)n1. The van der Waals surface area contributed by atoms with Crippen LogP contribution in [-0.2, 0) is 13.1 Å². The molecule has 0 radical (unpaired) electrons. The van der Waals surface area contributed by atoms with Crippen molar-refractivity contribution in [3.8, 4) is 0 Å². The number of nitrogens with one attached hydrogen (secondary N) is 1. The molecule has 3 rings (SSSR count). The topological polar surface area (TPSA) is 28.2 Å². The molecular formula is C16H23N3S2. The van der Waals surface area contributed by atoms with Gasteiger partial charge in [-0.25, -0.2) is 4.98 Å². The second kappa shape index (κ2) is 6.07. The van der Waals surface area contributed by atoms with Crippen LogP contribution in [0.3, 0.4) is 0 Å². The average molecular weight is 322 g/mol. The Hall–Kier alpha value is -0.910. The van der Waals surface area contributed by atoms with Gasteiger partial charge in [0.25, 0.3) is 0 Å². The molecule has 1 saturated carbocycles. The van der Waals surface area contributed by atoms with E-state index >= 15 is 0 Å². The molecule has 0 bridgehead atoms. The smallest absolute Gasteiger partial charge is 0.186 e. The fourth-order valence-electron chi connectivity index (χ4n) is 2.17. The fraction of sp³-hybridized carbons (Fsp3) is 0.562. The molecule has 1 fully saturated rings. The normalized spacial score (nSPS) is 15.4. The summed E-state index contributed by atoms with van der Waals surface area (Å²) >= 11 is 3.61. The molecule has 0 atom stereocenters. The van der Waals surface area contributed by atoms with Gasteiger partial charge in [-0.05, 0) is 45.1 Å². The molecule has 21 heavy (non-hydrogen) atoms. The first-order valence-corrected chi connectivity index (χ1v) is 9.26. The van der Waals surface area contributed by atoms with Gasteiger partial charge < -0.3 is 10.2 Å². The molecule has 0 aliphatic heterocycles. The second-order valence-electron chi connectivity index (χ2n) is 6.66. The Morgan fingerprint density at radius 3 is 2.76 bits per heavy atom. The summed E-state index contributed by atoms with van der Waals surface area (Å²) in [4.78, 5) is 8.75. The Bertz CT molecular complexity index is 565. The lowest BCUT2D eigenvalue weighted by molar-refractivity contribution is 0.422. The molecule has 2 aromatic heterocycles. The number of thiophene rings is 1. The third-order valence-corrected chi connectivity index (χ3v) is 5.27. The second-order valence-corrected chi connectivity index (χ2v) is 8.53. The minimum atomic E-state index is 0.136. The van der Waals surface area contributed by atoms with Crippen molar-refractivity contribution in [3.05, 3.63) is 33.5 Å². The summed E-state index contributed by atoms with van der Waals surface area (Å²) in [6.45, 7) is 8.41. The van der Waals surface area contributed by atoms with Crippen LogP contribution in [0.5, 0.6) is 0 Å². The van der Waals surface area contributed by atoms with Gasteiger partial charge in [-0.15, -0.1) is 22.7 Å². The van der Waals surface area contributed by atoms with Crippen molar-refractivity contribution in [2.75, 3.05) is 4.90 Å². The number of hydrogen-bond acceptors (Lipinski definition) is 5. The average Bonchev–Trinajstić information content (AvgIpc) is 2.94. The first kappa shape index (κ1) is 15.0. The predicted molar refractivity (Wildman–Crippen MR) is 92.2 cm³/mol. The van der Waals surface area contributed by atoms with Crippen molar-refractivity contribution >= 4 is 27.8 Å². The summed E-state index contributed by atoms with van der Waals surface area (Å²) < 4.78 is 0. The lowest BCUT2D eigenvalue weighted by atomic mass is 10.1. The molecule has 2 aromatic rings. The summed E-state index contributed by atoms with van der Waals surface area (Å²) in [5.41, 5.74) is 1.29. The number of anilines is 1. The van der Waals surface area contributed by atoms with Gasteiger partial charge in [0.05, 0.1) is 12.2 Å². The predicted octanol–water partition coefficient (Wildman–Crippen LogP) is 4.26. The van der Waals surface area contributed by atoms with Crippen LogP contribution in [-0.4, -0.2) is 16.6 Å². The number of nitrogens with zero attached hydrogens (tertiary/aromatic N) is 2. The molecule has 0 saturated heterocycles. The Balaban J connectivity index is 1.67. The van der Waals surface area contributed by atoms with Crippen LogP contribution in [0.25, 0.3) is 0 Å². The van der Waals surface area contributed by atoms with Crippen molar-refractivity contribution < 1.29 is 0 Å². The number of hydrogen-bond donors (Lipinski definition) is 1. The molecule has 1 N–H and O–H groups in total. The Morgan fingerprint density at radius 2 is 2.14 bits per heavy atom. The van der Waals surface area contributed by atoms with Crippen LogP contribution in [0.2, 0.25) is 0 Å². The van der Waals surface area contributed by atoms with E-state index in [-0.39, 0.29) is 5.54 Å². The lowest BCUT2D eigenvalue weighted by Crippen LogP contribution is -2.35. The van der Waals surface area contributed by atoms with E-state index in [4.69, 9.17) is 4.98 Å². The van der Waals surface area contributed by atoms with Gasteiger partial charge in [0.2, 0.25) is 0 Å². The Kier molecular flexibility index (Phi) is 4.33. The third-order valence-electron chi connectivity index (χ3n) is 3.48. The molecule has 114 valence electrons. The van der Waals surface area contributed by atoms with Gasteiger partial charge in [-0.2, -0.15) is 0 Å². The molecule has 1 aliphatic rings. The van der Waals surface area contributed by atoms with E-state index in [9.17, 15) is 0 Å². The first-order valence-electron chi connectivity index (χ1n) is 7.50. The number of thiazole rings is 1. The molecule has 5 heteroatoms. The maximum Gasteiger partial charge on any atom is 0.186 e. The quantitative estimate of drug-likeness (QED) is 0.861. The minimum absolute atomic E-state index is 0.136. The molecule has 0 amide bonds. The maximum absolute atomic E-state index is 4.84. The van der Waals surface area contributed by atoms with Crippen molar-refractivity contribution in [1.82, 2.24) is 10.3 Å². The highest BCUT2D eigenvalue weighted by Gasteiger charge is 2.31. The Labute approximate surface area is 135 Å². The highest BCUT2D eigenvalue weighted by Crippen LogP contribution is 2.35. The summed E-state index contributed by atoms with van der Waals surface area (Å²) in [6, 6.07) is 5.04. The van der Waals surface area contributed by atoms with Gasteiger partial charge in [-0.1, -0.05) is 6.07 Å². The molecule has 0 unspecified atom stereocenters. The molecular weight excluding hydrogens is 298 g/mol. The van der Waals surface area contributed by atoms with E-state index in [1.807, 2.05) is 11.3 Å². The summed E-state index contributed by atoms with van der Waals surface area (Å²) in [5.74, 6) is 0. The standard InChI is InChI=1S/C16H23N3S2/c1-16(2,3)17-9-12-11-21-15(18-12)19(13-6-7-13)10-14-5-4-8-20-14/h4-5,8,11,13,17H,6-7,9-10H2,1-3H3. The van der Waals surface area contributed by atoms with Crippen molar-refractivity contribution in [1.29, 1.82) is 0 Å². The maximum atomic E-state index is 4.84. The van der Waals surface area contributed by atoms with E-state index in [1.54, 1.807) is 11.3 Å². The minimum Gasteiger partial charge on any atom is -0.340 e. The zero-order valence-corrected chi connectivity index (χ0v) is 14.6. The van der Waals surface area contributed by atoms with Crippen molar-refractivity contribution in [2.24, 2.45) is 0 Å². The number of aromatic nitrogens is 1. The number of rotatable bonds is 6. The van der Waals surface area contributed by atoms with Gasteiger partial charge in [0.15, 0.2) is 5.13 Å². The van der Waals surface area contributed by atoms with Gasteiger partial charge in [0, 0.05) is 28.4 Å². The fourth-order valence-corrected chi connectivity index (χ4v) is 3.77. The Morgan fingerprint density at radius 1 is 1.33 bits per heavy atom. The molecule has 0 spiro atoms. The summed E-state index contributed by atoms with van der Waals surface area (Å²) in [5, 5.41) is 9.03. The highest BCUT2D eigenvalue weighted by molar-refractivity contribution is 7.13.